The third-order valence-corrected chi connectivity index (χ3v) is 3.50. The van der Waals surface area contributed by atoms with E-state index in [1.54, 1.807) is 7.11 Å². The molecule has 1 amide bonds. The minimum Gasteiger partial charge on any atom is -0.481 e. The van der Waals surface area contributed by atoms with Crippen molar-refractivity contribution in [3.05, 3.63) is 0 Å². The predicted octanol–water partition coefficient (Wildman–Crippen LogP) is 1.51. The summed E-state index contributed by atoms with van der Waals surface area (Å²) < 4.78 is 5.09. The fourth-order valence-electron chi connectivity index (χ4n) is 2.31. The Labute approximate surface area is 108 Å². The van der Waals surface area contributed by atoms with Crippen molar-refractivity contribution in [2.45, 2.75) is 45.1 Å². The summed E-state index contributed by atoms with van der Waals surface area (Å²) in [6.07, 6.45) is 3.20. The fraction of sp³-hybridized carbons (Fsp3) is 0.846. The summed E-state index contributed by atoms with van der Waals surface area (Å²) in [5.41, 5.74) is 0. The van der Waals surface area contributed by atoms with Crippen LogP contribution < -0.4 is 0 Å². The maximum Gasteiger partial charge on any atom is 0.303 e. The van der Waals surface area contributed by atoms with Crippen LogP contribution in [-0.2, 0) is 14.3 Å². The Balaban J connectivity index is 2.38. The van der Waals surface area contributed by atoms with E-state index in [9.17, 15) is 9.59 Å². The van der Waals surface area contributed by atoms with Crippen molar-refractivity contribution in [2.24, 2.45) is 5.92 Å². The fourth-order valence-corrected chi connectivity index (χ4v) is 2.31. The van der Waals surface area contributed by atoms with Crippen LogP contribution in [0.15, 0.2) is 0 Å². The number of amides is 1. The number of likely N-dealkylation sites (tertiary alicyclic amines) is 1. The minimum atomic E-state index is -0.758. The van der Waals surface area contributed by atoms with Crippen molar-refractivity contribution >= 4 is 11.9 Å². The van der Waals surface area contributed by atoms with Gasteiger partial charge in [0.1, 0.15) is 0 Å². The van der Waals surface area contributed by atoms with Crippen molar-refractivity contribution in [1.82, 2.24) is 4.90 Å². The molecule has 0 aromatic carbocycles. The van der Waals surface area contributed by atoms with E-state index in [4.69, 9.17) is 9.84 Å². The van der Waals surface area contributed by atoms with Gasteiger partial charge in [-0.1, -0.05) is 0 Å². The lowest BCUT2D eigenvalue weighted by molar-refractivity contribution is -0.137. The van der Waals surface area contributed by atoms with E-state index in [0.29, 0.717) is 25.3 Å². The van der Waals surface area contributed by atoms with Gasteiger partial charge >= 0.3 is 5.97 Å². The number of nitrogens with zero attached hydrogens (tertiary/aromatic N) is 1. The Morgan fingerprint density at radius 1 is 1.50 bits per heavy atom. The highest BCUT2D eigenvalue weighted by Gasteiger charge is 2.24. The van der Waals surface area contributed by atoms with E-state index in [2.05, 4.69) is 0 Å². The van der Waals surface area contributed by atoms with Gasteiger partial charge < -0.3 is 14.7 Å². The molecule has 0 saturated carbocycles. The van der Waals surface area contributed by atoms with E-state index >= 15 is 0 Å². The van der Waals surface area contributed by atoms with E-state index in [1.807, 2.05) is 11.8 Å². The molecule has 1 saturated heterocycles. The molecular weight excluding hydrogens is 234 g/mol. The maximum absolute atomic E-state index is 12.0. The van der Waals surface area contributed by atoms with E-state index in [1.165, 1.54) is 0 Å². The molecule has 0 spiro atoms. The molecule has 5 nitrogen and oxygen atoms in total. The SMILES string of the molecule is CO[C@H](C)CC(=O)N1CCC[C@H](CCC(=O)O)C1. The molecule has 1 fully saturated rings. The highest BCUT2D eigenvalue weighted by molar-refractivity contribution is 5.76. The summed E-state index contributed by atoms with van der Waals surface area (Å²) in [5, 5.41) is 8.67. The molecule has 18 heavy (non-hydrogen) atoms. The number of carbonyl (C=O) groups is 2. The molecule has 0 aromatic heterocycles. The summed E-state index contributed by atoms with van der Waals surface area (Å²) in [6.45, 7) is 3.37. The van der Waals surface area contributed by atoms with Crippen LogP contribution in [0.2, 0.25) is 0 Å². The largest absolute Gasteiger partial charge is 0.481 e. The summed E-state index contributed by atoms with van der Waals surface area (Å²) in [5.74, 6) is -0.313. The van der Waals surface area contributed by atoms with Crippen LogP contribution in [0.1, 0.15) is 39.0 Å². The van der Waals surface area contributed by atoms with Gasteiger partial charge in [-0.25, -0.2) is 0 Å². The summed E-state index contributed by atoms with van der Waals surface area (Å²) in [7, 11) is 1.60. The molecule has 104 valence electrons. The van der Waals surface area contributed by atoms with E-state index in [-0.39, 0.29) is 18.4 Å². The third-order valence-electron chi connectivity index (χ3n) is 3.50. The van der Waals surface area contributed by atoms with Crippen LogP contribution in [0.5, 0.6) is 0 Å². The highest BCUT2D eigenvalue weighted by atomic mass is 16.5. The quantitative estimate of drug-likeness (QED) is 0.783. The topological polar surface area (TPSA) is 66.8 Å². The number of carbonyl (C=O) groups excluding carboxylic acids is 1. The van der Waals surface area contributed by atoms with Gasteiger partial charge in [-0.2, -0.15) is 0 Å². The highest BCUT2D eigenvalue weighted by Crippen LogP contribution is 2.21. The first kappa shape index (κ1) is 15.0. The smallest absolute Gasteiger partial charge is 0.303 e. The van der Waals surface area contributed by atoms with Crippen molar-refractivity contribution in [3.63, 3.8) is 0 Å². The second kappa shape index (κ2) is 7.36. The molecule has 1 heterocycles. The number of carboxylic acids is 1. The zero-order chi connectivity index (χ0) is 13.5. The van der Waals surface area contributed by atoms with Crippen LogP contribution >= 0.6 is 0 Å². The van der Waals surface area contributed by atoms with Crippen LogP contribution in [0.25, 0.3) is 0 Å². The van der Waals surface area contributed by atoms with Crippen LogP contribution in [0.3, 0.4) is 0 Å². The van der Waals surface area contributed by atoms with Gasteiger partial charge in [-0.3, -0.25) is 9.59 Å². The summed E-state index contributed by atoms with van der Waals surface area (Å²) in [4.78, 5) is 24.4. The molecular formula is C13H23NO4. The van der Waals surface area contributed by atoms with Gasteiger partial charge in [0.05, 0.1) is 12.5 Å². The monoisotopic (exact) mass is 257 g/mol. The zero-order valence-corrected chi connectivity index (χ0v) is 11.2. The van der Waals surface area contributed by atoms with Gasteiger partial charge in [-0.05, 0) is 32.1 Å². The number of ether oxygens (including phenoxy) is 1. The second-order valence-electron chi connectivity index (χ2n) is 5.03. The Hall–Kier alpha value is -1.10. The molecule has 1 aliphatic heterocycles. The number of aliphatic carboxylic acids is 1. The third kappa shape index (κ3) is 5.04. The van der Waals surface area contributed by atoms with E-state index in [0.717, 1.165) is 19.4 Å². The molecule has 1 rings (SSSR count). The van der Waals surface area contributed by atoms with Crippen molar-refractivity contribution in [1.29, 1.82) is 0 Å². The Kier molecular flexibility index (Phi) is 6.12. The first-order valence-electron chi connectivity index (χ1n) is 6.55. The molecule has 0 aromatic rings. The summed E-state index contributed by atoms with van der Waals surface area (Å²) in [6, 6.07) is 0. The maximum atomic E-state index is 12.0. The molecule has 5 heteroatoms. The molecule has 1 aliphatic rings. The van der Waals surface area contributed by atoms with Crippen molar-refractivity contribution in [3.8, 4) is 0 Å². The first-order valence-corrected chi connectivity index (χ1v) is 6.55. The Morgan fingerprint density at radius 2 is 2.22 bits per heavy atom. The van der Waals surface area contributed by atoms with Gasteiger partial charge in [0.15, 0.2) is 0 Å². The van der Waals surface area contributed by atoms with Crippen LogP contribution in [0, 0.1) is 5.92 Å². The minimum absolute atomic E-state index is 0.0584. The zero-order valence-electron chi connectivity index (χ0n) is 11.2. The Bertz CT molecular complexity index is 293. The van der Waals surface area contributed by atoms with Crippen molar-refractivity contribution < 1.29 is 19.4 Å². The number of methoxy groups -OCH3 is 1. The van der Waals surface area contributed by atoms with E-state index < -0.39 is 5.97 Å². The second-order valence-corrected chi connectivity index (χ2v) is 5.03. The average molecular weight is 257 g/mol. The van der Waals surface area contributed by atoms with Gasteiger partial charge in [0, 0.05) is 26.6 Å². The van der Waals surface area contributed by atoms with Crippen LogP contribution in [0.4, 0.5) is 0 Å². The summed E-state index contributed by atoms with van der Waals surface area (Å²) >= 11 is 0. The predicted molar refractivity (Wildman–Crippen MR) is 67.3 cm³/mol. The number of piperidine rings is 1. The van der Waals surface area contributed by atoms with Crippen LogP contribution in [-0.4, -0.2) is 48.2 Å². The average Bonchev–Trinajstić information content (AvgIpc) is 2.36. The number of carboxylic acid groups (broad SMARTS) is 1. The molecule has 2 atom stereocenters. The van der Waals surface area contributed by atoms with Gasteiger partial charge in [-0.15, -0.1) is 0 Å². The van der Waals surface area contributed by atoms with Crippen molar-refractivity contribution in [2.75, 3.05) is 20.2 Å². The van der Waals surface area contributed by atoms with Gasteiger partial charge in [0.25, 0.3) is 0 Å². The lowest BCUT2D eigenvalue weighted by atomic mass is 9.93. The number of hydrogen-bond donors (Lipinski definition) is 1. The lowest BCUT2D eigenvalue weighted by Crippen LogP contribution is -2.41. The molecule has 1 N–H and O–H groups in total. The standard InChI is InChI=1S/C13H23NO4/c1-10(18-2)8-12(15)14-7-3-4-11(9-14)5-6-13(16)17/h10-11H,3-9H2,1-2H3,(H,16,17)/t10-,11-/m1/s1. The lowest BCUT2D eigenvalue weighted by Gasteiger charge is -2.33. The molecule has 0 radical (unpaired) electrons. The molecule has 0 bridgehead atoms. The van der Waals surface area contributed by atoms with Gasteiger partial charge in [0.2, 0.25) is 5.91 Å². The first-order chi connectivity index (χ1) is 8.52. The molecule has 0 aliphatic carbocycles. The Morgan fingerprint density at radius 3 is 2.83 bits per heavy atom. The number of rotatable bonds is 6. The normalized spacial score (nSPS) is 21.7. The number of hydrogen-bond acceptors (Lipinski definition) is 3. The molecule has 0 unspecified atom stereocenters.